The Bertz CT molecular complexity index is 861. The van der Waals surface area contributed by atoms with Gasteiger partial charge >= 0.3 is 0 Å². The van der Waals surface area contributed by atoms with Crippen molar-refractivity contribution < 1.29 is 14.3 Å². The highest BCUT2D eigenvalue weighted by atomic mass is 16.5. The van der Waals surface area contributed by atoms with Gasteiger partial charge in [-0.15, -0.1) is 0 Å². The van der Waals surface area contributed by atoms with Gasteiger partial charge in [0.2, 0.25) is 5.91 Å². The van der Waals surface area contributed by atoms with Gasteiger partial charge in [-0.05, 0) is 81.8 Å². The van der Waals surface area contributed by atoms with Crippen molar-refractivity contribution in [2.75, 3.05) is 13.1 Å². The molecule has 0 radical (unpaired) electrons. The fraction of sp³-hybridized carbons (Fsp3) is 0.583. The van der Waals surface area contributed by atoms with Gasteiger partial charge in [0.05, 0.1) is 0 Å². The second-order valence-corrected chi connectivity index (χ2v) is 9.15. The van der Waals surface area contributed by atoms with Gasteiger partial charge in [-0.3, -0.25) is 14.5 Å². The van der Waals surface area contributed by atoms with Gasteiger partial charge < -0.3 is 15.0 Å². The van der Waals surface area contributed by atoms with E-state index in [2.05, 4.69) is 16.8 Å². The van der Waals surface area contributed by atoms with Crippen LogP contribution in [-0.2, 0) is 11.3 Å². The Morgan fingerprint density at radius 2 is 1.83 bits per heavy atom. The molecule has 1 unspecified atom stereocenters. The molecule has 1 N–H and O–H groups in total. The highest BCUT2D eigenvalue weighted by Crippen LogP contribution is 2.33. The lowest BCUT2D eigenvalue weighted by atomic mass is 9.91. The topological polar surface area (TPSA) is 61.9 Å². The number of likely N-dealkylation sites (tertiary alicyclic amines) is 1. The summed E-state index contributed by atoms with van der Waals surface area (Å²) in [5.41, 5.74) is 2.39. The lowest BCUT2D eigenvalue weighted by Crippen LogP contribution is -2.49. The highest BCUT2D eigenvalue weighted by molar-refractivity contribution is 6.01. The summed E-state index contributed by atoms with van der Waals surface area (Å²) in [6.07, 6.45) is 8.96. The number of ether oxygens (including phenoxy) is 1. The fourth-order valence-corrected chi connectivity index (χ4v) is 5.58. The van der Waals surface area contributed by atoms with Crippen LogP contribution >= 0.6 is 0 Å². The van der Waals surface area contributed by atoms with E-state index in [1.165, 1.54) is 45.2 Å². The molecule has 0 bridgehead atoms. The molecule has 6 nitrogen and oxygen atoms in total. The zero-order chi connectivity index (χ0) is 20.7. The van der Waals surface area contributed by atoms with E-state index in [0.29, 0.717) is 31.0 Å². The minimum atomic E-state index is -0.419. The number of benzene rings is 1. The van der Waals surface area contributed by atoms with Crippen LogP contribution in [0.25, 0.3) is 0 Å². The maximum atomic E-state index is 12.9. The van der Waals surface area contributed by atoms with E-state index >= 15 is 0 Å². The SMILES string of the molecule is C=C1CCC(N2Cc3cc(O[C@@H]4CCCC[C@H]4N4CCCC4)ccc3C2=O)C(=O)N1. The van der Waals surface area contributed by atoms with Crippen LogP contribution in [0.3, 0.4) is 0 Å². The number of hydrogen-bond acceptors (Lipinski definition) is 4. The zero-order valence-electron chi connectivity index (χ0n) is 17.6. The number of rotatable bonds is 4. The molecule has 2 saturated heterocycles. The summed E-state index contributed by atoms with van der Waals surface area (Å²) in [6.45, 7) is 6.68. The minimum absolute atomic E-state index is 0.0585. The van der Waals surface area contributed by atoms with Crippen molar-refractivity contribution in [2.24, 2.45) is 0 Å². The van der Waals surface area contributed by atoms with Crippen LogP contribution in [-0.4, -0.2) is 52.9 Å². The van der Waals surface area contributed by atoms with E-state index in [4.69, 9.17) is 4.74 Å². The number of nitrogens with zero attached hydrogens (tertiary/aromatic N) is 2. The minimum Gasteiger partial charge on any atom is -0.489 e. The second kappa shape index (κ2) is 8.06. The van der Waals surface area contributed by atoms with Gasteiger partial charge in [0.1, 0.15) is 17.9 Å². The van der Waals surface area contributed by atoms with Gasteiger partial charge in [0.15, 0.2) is 0 Å². The molecule has 3 aliphatic heterocycles. The molecule has 1 saturated carbocycles. The summed E-state index contributed by atoms with van der Waals surface area (Å²) in [6, 6.07) is 5.91. The second-order valence-electron chi connectivity index (χ2n) is 9.15. The van der Waals surface area contributed by atoms with E-state index in [1.54, 1.807) is 4.90 Å². The number of piperidine rings is 1. The van der Waals surface area contributed by atoms with Crippen LogP contribution < -0.4 is 10.1 Å². The molecule has 3 heterocycles. The standard InChI is InChI=1S/C24H31N3O3/c1-16-8-11-21(23(28)25-16)27-15-17-14-18(9-10-19(17)24(27)29)30-22-7-3-2-6-20(22)26-12-4-5-13-26/h9-10,14,20-22H,1-8,11-13,15H2,(H,25,28)/t20-,21?,22-/m1/s1. The van der Waals surface area contributed by atoms with E-state index in [1.807, 2.05) is 18.2 Å². The third kappa shape index (κ3) is 3.62. The Labute approximate surface area is 178 Å². The molecule has 160 valence electrons. The Morgan fingerprint density at radius 1 is 1.03 bits per heavy atom. The van der Waals surface area contributed by atoms with Crippen molar-refractivity contribution in [2.45, 2.75) is 76.1 Å². The van der Waals surface area contributed by atoms with Gasteiger partial charge in [-0.2, -0.15) is 0 Å². The smallest absolute Gasteiger partial charge is 0.255 e. The van der Waals surface area contributed by atoms with Crippen LogP contribution in [0, 0.1) is 0 Å². The molecule has 3 atom stereocenters. The van der Waals surface area contributed by atoms with Crippen LogP contribution in [0.1, 0.15) is 67.3 Å². The maximum Gasteiger partial charge on any atom is 0.255 e. The first-order chi connectivity index (χ1) is 14.6. The van der Waals surface area contributed by atoms with Gasteiger partial charge in [-0.25, -0.2) is 0 Å². The third-order valence-electron chi connectivity index (χ3n) is 7.17. The Kier molecular flexibility index (Phi) is 5.27. The predicted octanol–water partition coefficient (Wildman–Crippen LogP) is 3.22. The van der Waals surface area contributed by atoms with Crippen molar-refractivity contribution in [1.29, 1.82) is 0 Å². The van der Waals surface area contributed by atoms with Crippen LogP contribution in [0.2, 0.25) is 0 Å². The number of amides is 2. The normalized spacial score (nSPS) is 29.8. The molecule has 6 heteroatoms. The van der Waals surface area contributed by atoms with E-state index in [-0.39, 0.29) is 17.9 Å². The average Bonchev–Trinajstić information content (AvgIpc) is 3.37. The summed E-state index contributed by atoms with van der Waals surface area (Å²) in [4.78, 5) is 29.6. The predicted molar refractivity (Wildman–Crippen MR) is 114 cm³/mol. The van der Waals surface area contributed by atoms with Crippen LogP contribution in [0.4, 0.5) is 0 Å². The number of hydrogen-bond donors (Lipinski definition) is 1. The lowest BCUT2D eigenvalue weighted by Gasteiger charge is -2.37. The summed E-state index contributed by atoms with van der Waals surface area (Å²) in [5, 5.41) is 2.79. The molecule has 0 spiro atoms. The first-order valence-corrected chi connectivity index (χ1v) is 11.4. The number of nitrogens with one attached hydrogen (secondary N) is 1. The van der Waals surface area contributed by atoms with E-state index in [0.717, 1.165) is 23.4 Å². The molecule has 1 aliphatic carbocycles. The van der Waals surface area contributed by atoms with Crippen molar-refractivity contribution in [3.05, 3.63) is 41.6 Å². The first-order valence-electron chi connectivity index (χ1n) is 11.4. The van der Waals surface area contributed by atoms with Crippen molar-refractivity contribution in [1.82, 2.24) is 15.1 Å². The molecule has 4 aliphatic rings. The third-order valence-corrected chi connectivity index (χ3v) is 7.17. The molecular formula is C24H31N3O3. The van der Waals surface area contributed by atoms with Gasteiger partial charge in [-0.1, -0.05) is 13.0 Å². The summed E-state index contributed by atoms with van der Waals surface area (Å²) in [7, 11) is 0. The Balaban J connectivity index is 1.30. The molecule has 30 heavy (non-hydrogen) atoms. The lowest BCUT2D eigenvalue weighted by molar-refractivity contribution is -0.126. The molecular weight excluding hydrogens is 378 g/mol. The van der Waals surface area contributed by atoms with Gasteiger partial charge in [0, 0.05) is 23.8 Å². The molecule has 3 fully saturated rings. The largest absolute Gasteiger partial charge is 0.489 e. The molecule has 1 aromatic rings. The van der Waals surface area contributed by atoms with Crippen LogP contribution in [0.5, 0.6) is 5.75 Å². The molecule has 5 rings (SSSR count). The van der Waals surface area contributed by atoms with Crippen LogP contribution in [0.15, 0.2) is 30.5 Å². The first kappa shape index (κ1) is 19.6. The van der Waals surface area contributed by atoms with Gasteiger partial charge in [0.25, 0.3) is 5.91 Å². The zero-order valence-corrected chi connectivity index (χ0v) is 17.6. The van der Waals surface area contributed by atoms with E-state index in [9.17, 15) is 9.59 Å². The summed E-state index contributed by atoms with van der Waals surface area (Å²) < 4.78 is 6.49. The quantitative estimate of drug-likeness (QED) is 0.830. The maximum absolute atomic E-state index is 12.9. The summed E-state index contributed by atoms with van der Waals surface area (Å²) in [5.74, 6) is 0.664. The molecule has 0 aromatic heterocycles. The Hall–Kier alpha value is -2.34. The number of allylic oxidation sites excluding steroid dienone is 1. The van der Waals surface area contributed by atoms with Crippen molar-refractivity contribution in [3.63, 3.8) is 0 Å². The van der Waals surface area contributed by atoms with Crippen molar-refractivity contribution >= 4 is 11.8 Å². The Morgan fingerprint density at radius 3 is 2.63 bits per heavy atom. The number of carbonyl (C=O) groups excluding carboxylic acids is 2. The fourth-order valence-electron chi connectivity index (χ4n) is 5.58. The molecule has 1 aromatic carbocycles. The number of carbonyl (C=O) groups is 2. The monoisotopic (exact) mass is 409 g/mol. The van der Waals surface area contributed by atoms with E-state index < -0.39 is 6.04 Å². The summed E-state index contributed by atoms with van der Waals surface area (Å²) >= 11 is 0. The van der Waals surface area contributed by atoms with Crippen molar-refractivity contribution in [3.8, 4) is 5.75 Å². The highest BCUT2D eigenvalue weighted by Gasteiger charge is 2.38. The molecule has 2 amide bonds. The number of fused-ring (bicyclic) bond motifs is 1. The average molecular weight is 410 g/mol.